The van der Waals surface area contributed by atoms with Crippen molar-refractivity contribution in [2.75, 3.05) is 5.73 Å². The first kappa shape index (κ1) is 12.3. The number of carboxylic acids is 1. The minimum atomic E-state index is -2.86. The van der Waals surface area contributed by atoms with Crippen molar-refractivity contribution in [2.24, 2.45) is 5.73 Å². The number of carbonyl (C=O) groups is 1. The number of carboxylic acid groups (broad SMARTS) is 1. The monoisotopic (exact) mass is 231 g/mol. The average molecular weight is 231 g/mol. The molecule has 88 valence electrons. The highest BCUT2D eigenvalue weighted by Crippen LogP contribution is 2.27. The number of pyridine rings is 1. The molecule has 1 aromatic rings. The van der Waals surface area contributed by atoms with Gasteiger partial charge in [-0.1, -0.05) is 0 Å². The first-order chi connectivity index (χ1) is 7.47. The van der Waals surface area contributed by atoms with Crippen LogP contribution < -0.4 is 11.5 Å². The zero-order valence-electron chi connectivity index (χ0n) is 8.28. The van der Waals surface area contributed by atoms with Crippen LogP contribution in [0.15, 0.2) is 6.20 Å². The van der Waals surface area contributed by atoms with Crippen LogP contribution in [0.3, 0.4) is 0 Å². The summed E-state index contributed by atoms with van der Waals surface area (Å²) in [6.45, 7) is 0.0228. The van der Waals surface area contributed by atoms with Crippen molar-refractivity contribution in [2.45, 2.75) is 19.4 Å². The van der Waals surface area contributed by atoms with Gasteiger partial charge in [0, 0.05) is 29.6 Å². The largest absolute Gasteiger partial charge is 0.481 e. The summed E-state index contributed by atoms with van der Waals surface area (Å²) in [4.78, 5) is 14.0. The number of rotatable bonds is 4. The van der Waals surface area contributed by atoms with Crippen LogP contribution in [0.2, 0.25) is 0 Å². The molecule has 0 radical (unpaired) electrons. The fourth-order valence-corrected chi connectivity index (χ4v) is 1.31. The van der Waals surface area contributed by atoms with Crippen LogP contribution in [0.1, 0.15) is 23.2 Å². The van der Waals surface area contributed by atoms with Crippen LogP contribution in [-0.2, 0) is 17.8 Å². The van der Waals surface area contributed by atoms with Crippen molar-refractivity contribution in [1.29, 1.82) is 0 Å². The molecule has 0 aliphatic rings. The number of nitrogens with two attached hydrogens (primary N) is 2. The first-order valence-corrected chi connectivity index (χ1v) is 4.43. The van der Waals surface area contributed by atoms with Crippen LogP contribution in [0.5, 0.6) is 0 Å². The summed E-state index contributed by atoms with van der Waals surface area (Å²) in [6.07, 6.45) is -2.31. The molecule has 0 saturated heterocycles. The molecule has 1 rings (SSSR count). The maximum Gasteiger partial charge on any atom is 0.307 e. The number of nitrogens with zero attached hydrogens (tertiary/aromatic N) is 1. The smallest absolute Gasteiger partial charge is 0.307 e. The van der Waals surface area contributed by atoms with E-state index >= 15 is 0 Å². The van der Waals surface area contributed by atoms with Crippen molar-refractivity contribution in [1.82, 2.24) is 4.98 Å². The highest BCUT2D eigenvalue weighted by Gasteiger charge is 2.20. The lowest BCUT2D eigenvalue weighted by molar-refractivity contribution is -0.136. The Bertz CT molecular complexity index is 410. The van der Waals surface area contributed by atoms with Crippen molar-refractivity contribution in [3.63, 3.8) is 0 Å². The molecule has 1 aromatic heterocycles. The summed E-state index contributed by atoms with van der Waals surface area (Å²) in [7, 11) is 0. The molecular formula is C9H11F2N3O2. The number of aliphatic carboxylic acids is 1. The van der Waals surface area contributed by atoms with E-state index in [-0.39, 0.29) is 17.8 Å². The van der Waals surface area contributed by atoms with E-state index in [9.17, 15) is 13.6 Å². The Labute approximate surface area is 90.1 Å². The molecule has 5 nitrogen and oxygen atoms in total. The fraction of sp³-hybridized carbons (Fsp3) is 0.333. The van der Waals surface area contributed by atoms with E-state index in [1.165, 1.54) is 0 Å². The number of anilines is 1. The molecule has 0 amide bonds. The lowest BCUT2D eigenvalue weighted by Gasteiger charge is -2.12. The third kappa shape index (κ3) is 2.43. The second-order valence-electron chi connectivity index (χ2n) is 3.14. The molecule has 0 aliphatic heterocycles. The highest BCUT2D eigenvalue weighted by atomic mass is 19.3. The molecule has 1 heterocycles. The van der Waals surface area contributed by atoms with Crippen molar-refractivity contribution in [3.8, 4) is 0 Å². The lowest BCUT2D eigenvalue weighted by atomic mass is 10.0. The molecule has 16 heavy (non-hydrogen) atoms. The number of alkyl halides is 2. The second kappa shape index (κ2) is 4.84. The summed E-state index contributed by atoms with van der Waals surface area (Å²) in [5, 5.41) is 8.60. The molecule has 0 aromatic carbocycles. The standard InChI is InChI=1S/C9H11F2N3O2/c10-9(11)8-5(1-6(15)16)7(13)4(2-12)3-14-8/h3,9H,1-2,12H2,(H2,13,14)(H,15,16). The van der Waals surface area contributed by atoms with Crippen LogP contribution in [0.25, 0.3) is 0 Å². The van der Waals surface area contributed by atoms with E-state index in [0.29, 0.717) is 5.56 Å². The van der Waals surface area contributed by atoms with E-state index in [0.717, 1.165) is 6.20 Å². The van der Waals surface area contributed by atoms with Gasteiger partial charge in [-0.25, -0.2) is 8.78 Å². The maximum atomic E-state index is 12.6. The Morgan fingerprint density at radius 3 is 2.62 bits per heavy atom. The molecule has 0 fully saturated rings. The Morgan fingerprint density at radius 2 is 2.19 bits per heavy atom. The SMILES string of the molecule is NCc1cnc(C(F)F)c(CC(=O)O)c1N. The van der Waals surface area contributed by atoms with Crippen LogP contribution in [-0.4, -0.2) is 16.1 Å². The zero-order chi connectivity index (χ0) is 12.3. The molecular weight excluding hydrogens is 220 g/mol. The third-order valence-corrected chi connectivity index (χ3v) is 2.09. The van der Waals surface area contributed by atoms with Gasteiger partial charge in [0.05, 0.1) is 6.42 Å². The fourth-order valence-electron chi connectivity index (χ4n) is 1.31. The summed E-state index contributed by atoms with van der Waals surface area (Å²) in [5.74, 6) is -1.25. The van der Waals surface area contributed by atoms with Gasteiger partial charge in [-0.2, -0.15) is 0 Å². The van der Waals surface area contributed by atoms with E-state index in [4.69, 9.17) is 16.6 Å². The van der Waals surface area contributed by atoms with Crippen molar-refractivity contribution >= 4 is 11.7 Å². The number of hydrogen-bond donors (Lipinski definition) is 3. The van der Waals surface area contributed by atoms with E-state index < -0.39 is 24.5 Å². The van der Waals surface area contributed by atoms with Gasteiger partial charge < -0.3 is 16.6 Å². The van der Waals surface area contributed by atoms with Crippen molar-refractivity contribution < 1.29 is 18.7 Å². The quantitative estimate of drug-likeness (QED) is 0.707. The van der Waals surface area contributed by atoms with Gasteiger partial charge in [0.25, 0.3) is 6.43 Å². The molecule has 0 unspecified atom stereocenters. The van der Waals surface area contributed by atoms with Crippen LogP contribution in [0, 0.1) is 0 Å². The van der Waals surface area contributed by atoms with Crippen LogP contribution in [0.4, 0.5) is 14.5 Å². The van der Waals surface area contributed by atoms with Gasteiger partial charge in [-0.15, -0.1) is 0 Å². The van der Waals surface area contributed by atoms with Gasteiger partial charge in [-0.3, -0.25) is 9.78 Å². The number of nitrogen functional groups attached to an aromatic ring is 1. The summed E-state index contributed by atoms with van der Waals surface area (Å²) in [5.41, 5.74) is 10.5. The van der Waals surface area contributed by atoms with E-state index in [1.807, 2.05) is 0 Å². The molecule has 5 N–H and O–H groups in total. The third-order valence-electron chi connectivity index (χ3n) is 2.09. The van der Waals surface area contributed by atoms with Gasteiger partial charge in [0.15, 0.2) is 0 Å². The lowest BCUT2D eigenvalue weighted by Crippen LogP contribution is -2.13. The Hall–Kier alpha value is -1.76. The minimum Gasteiger partial charge on any atom is -0.481 e. The van der Waals surface area contributed by atoms with Gasteiger partial charge >= 0.3 is 5.97 Å². The predicted octanol–water partition coefficient (Wildman–Crippen LogP) is 0.687. The topological polar surface area (TPSA) is 102 Å². The second-order valence-corrected chi connectivity index (χ2v) is 3.14. The zero-order valence-corrected chi connectivity index (χ0v) is 8.28. The molecule has 7 heteroatoms. The predicted molar refractivity (Wildman–Crippen MR) is 52.8 cm³/mol. The van der Waals surface area contributed by atoms with Crippen molar-refractivity contribution in [3.05, 3.63) is 23.0 Å². The average Bonchev–Trinajstić information content (AvgIpc) is 2.19. The normalized spacial score (nSPS) is 10.8. The van der Waals surface area contributed by atoms with Gasteiger partial charge in [0.2, 0.25) is 0 Å². The Morgan fingerprint density at radius 1 is 1.56 bits per heavy atom. The maximum absolute atomic E-state index is 12.6. The van der Waals surface area contributed by atoms with Crippen LogP contribution >= 0.6 is 0 Å². The first-order valence-electron chi connectivity index (χ1n) is 4.43. The molecule has 0 bridgehead atoms. The Kier molecular flexibility index (Phi) is 3.73. The Balaban J connectivity index is 3.30. The number of halogens is 2. The van der Waals surface area contributed by atoms with Gasteiger partial charge in [0.1, 0.15) is 5.69 Å². The minimum absolute atomic E-state index is 0.0183. The van der Waals surface area contributed by atoms with E-state index in [2.05, 4.69) is 4.98 Å². The molecule has 0 atom stereocenters. The number of hydrogen-bond acceptors (Lipinski definition) is 4. The summed E-state index contributed by atoms with van der Waals surface area (Å²) < 4.78 is 25.1. The molecule has 0 aliphatic carbocycles. The summed E-state index contributed by atoms with van der Waals surface area (Å²) in [6, 6.07) is 0. The molecule has 0 saturated carbocycles. The molecule has 0 spiro atoms. The van der Waals surface area contributed by atoms with E-state index in [1.54, 1.807) is 0 Å². The highest BCUT2D eigenvalue weighted by molar-refractivity contribution is 5.74. The van der Waals surface area contributed by atoms with Gasteiger partial charge in [-0.05, 0) is 0 Å². The number of aromatic nitrogens is 1. The summed E-state index contributed by atoms with van der Waals surface area (Å²) >= 11 is 0.